The van der Waals surface area contributed by atoms with Crippen LogP contribution in [0.25, 0.3) is 0 Å². The van der Waals surface area contributed by atoms with E-state index in [4.69, 9.17) is 14.6 Å². The number of hydrazone groups is 1. The van der Waals surface area contributed by atoms with E-state index in [1.165, 1.54) is 25.5 Å². The number of carboxylic acids is 1. The van der Waals surface area contributed by atoms with Gasteiger partial charge in [-0.25, -0.2) is 10.2 Å². The van der Waals surface area contributed by atoms with Crippen molar-refractivity contribution in [2.45, 2.75) is 0 Å². The molecule has 0 spiro atoms. The molecule has 2 aromatic carbocycles. The summed E-state index contributed by atoms with van der Waals surface area (Å²) < 4.78 is 10.5. The van der Waals surface area contributed by atoms with Gasteiger partial charge in [-0.15, -0.1) is 0 Å². The summed E-state index contributed by atoms with van der Waals surface area (Å²) in [5, 5.41) is 12.6. The number of para-hydroxylation sites is 2. The molecule has 0 bridgehead atoms. The Morgan fingerprint density at radius 1 is 1.12 bits per heavy atom. The van der Waals surface area contributed by atoms with Crippen molar-refractivity contribution in [3.05, 3.63) is 59.7 Å². The summed E-state index contributed by atoms with van der Waals surface area (Å²) in [6.07, 6.45) is 1.41. The number of ether oxygens (including phenoxy) is 2. The molecule has 0 fully saturated rings. The van der Waals surface area contributed by atoms with E-state index in [9.17, 15) is 9.59 Å². The number of hydrogen-bond donors (Lipinski definition) is 2. The molecule has 24 heavy (non-hydrogen) atoms. The summed E-state index contributed by atoms with van der Waals surface area (Å²) >= 11 is 0. The van der Waals surface area contributed by atoms with E-state index < -0.39 is 11.9 Å². The van der Waals surface area contributed by atoms with Crippen LogP contribution in [0.2, 0.25) is 0 Å². The van der Waals surface area contributed by atoms with E-state index in [2.05, 4.69) is 10.5 Å². The molecule has 0 heterocycles. The van der Waals surface area contributed by atoms with Gasteiger partial charge in [-0.1, -0.05) is 24.3 Å². The molecule has 0 aliphatic rings. The standard InChI is InChI=1S/C17H16N2O5/c1-23-14-4-2-3-5-15(14)24-11-16(20)19-18-10-12-6-8-13(9-7-12)17(21)22/h2-10H,11H2,1H3,(H,19,20)(H,21,22)/b18-10-. The third-order valence-electron chi connectivity index (χ3n) is 2.99. The highest BCUT2D eigenvalue weighted by Crippen LogP contribution is 2.25. The van der Waals surface area contributed by atoms with E-state index in [0.717, 1.165) is 0 Å². The van der Waals surface area contributed by atoms with Gasteiger partial charge in [0.15, 0.2) is 18.1 Å². The van der Waals surface area contributed by atoms with Crippen LogP contribution in [-0.4, -0.2) is 36.9 Å². The zero-order valence-corrected chi connectivity index (χ0v) is 12.9. The second kappa shape index (κ2) is 8.33. The SMILES string of the molecule is COc1ccccc1OCC(=O)N/N=C\c1ccc(C(=O)O)cc1. The maximum Gasteiger partial charge on any atom is 0.335 e. The molecule has 0 aromatic heterocycles. The summed E-state index contributed by atoms with van der Waals surface area (Å²) in [5.74, 6) is -0.435. The second-order valence-electron chi connectivity index (χ2n) is 4.66. The maximum absolute atomic E-state index is 11.7. The number of carbonyl (C=O) groups is 2. The lowest BCUT2D eigenvalue weighted by atomic mass is 10.1. The Labute approximate surface area is 138 Å². The number of benzene rings is 2. The van der Waals surface area contributed by atoms with Crippen LogP contribution < -0.4 is 14.9 Å². The van der Waals surface area contributed by atoms with Crippen molar-refractivity contribution < 1.29 is 24.2 Å². The third kappa shape index (κ3) is 4.84. The lowest BCUT2D eigenvalue weighted by molar-refractivity contribution is -0.123. The zero-order chi connectivity index (χ0) is 17.4. The van der Waals surface area contributed by atoms with Gasteiger partial charge in [-0.05, 0) is 29.8 Å². The highest BCUT2D eigenvalue weighted by molar-refractivity contribution is 5.89. The first-order valence-corrected chi connectivity index (χ1v) is 7.01. The first kappa shape index (κ1) is 17.0. The van der Waals surface area contributed by atoms with Crippen molar-refractivity contribution in [2.75, 3.05) is 13.7 Å². The Morgan fingerprint density at radius 2 is 1.79 bits per heavy atom. The molecular formula is C17H16N2O5. The predicted octanol–water partition coefficient (Wildman–Crippen LogP) is 1.92. The predicted molar refractivity (Wildman–Crippen MR) is 87.6 cm³/mol. The van der Waals surface area contributed by atoms with Crippen molar-refractivity contribution in [2.24, 2.45) is 5.10 Å². The third-order valence-corrected chi connectivity index (χ3v) is 2.99. The summed E-state index contributed by atoms with van der Waals surface area (Å²) in [4.78, 5) is 22.4. The molecule has 2 N–H and O–H groups in total. The van der Waals surface area contributed by atoms with Crippen molar-refractivity contribution in [3.63, 3.8) is 0 Å². The quantitative estimate of drug-likeness (QED) is 0.598. The molecule has 0 aliphatic carbocycles. The number of nitrogens with zero attached hydrogens (tertiary/aromatic N) is 1. The smallest absolute Gasteiger partial charge is 0.335 e. The van der Waals surface area contributed by atoms with Gasteiger partial charge < -0.3 is 14.6 Å². The average Bonchev–Trinajstić information content (AvgIpc) is 2.60. The average molecular weight is 328 g/mol. The van der Waals surface area contributed by atoms with Crippen molar-refractivity contribution in [3.8, 4) is 11.5 Å². The lowest BCUT2D eigenvalue weighted by Crippen LogP contribution is -2.24. The molecule has 0 saturated heterocycles. The fourth-order valence-electron chi connectivity index (χ4n) is 1.80. The molecule has 124 valence electrons. The largest absolute Gasteiger partial charge is 0.493 e. The summed E-state index contributed by atoms with van der Waals surface area (Å²) in [6.45, 7) is -0.213. The molecule has 1 amide bonds. The van der Waals surface area contributed by atoms with Crippen LogP contribution in [0.1, 0.15) is 15.9 Å². The fourth-order valence-corrected chi connectivity index (χ4v) is 1.80. The first-order valence-electron chi connectivity index (χ1n) is 7.01. The van der Waals surface area contributed by atoms with Crippen LogP contribution in [0, 0.1) is 0 Å². The van der Waals surface area contributed by atoms with Gasteiger partial charge in [-0.2, -0.15) is 5.10 Å². The highest BCUT2D eigenvalue weighted by Gasteiger charge is 2.06. The van der Waals surface area contributed by atoms with E-state index in [1.54, 1.807) is 36.4 Å². The van der Waals surface area contributed by atoms with Crippen LogP contribution in [0.15, 0.2) is 53.6 Å². The van der Waals surface area contributed by atoms with E-state index in [1.807, 2.05) is 0 Å². The van der Waals surface area contributed by atoms with E-state index in [0.29, 0.717) is 17.1 Å². The molecule has 0 atom stereocenters. The van der Waals surface area contributed by atoms with Crippen LogP contribution in [0.3, 0.4) is 0 Å². The minimum Gasteiger partial charge on any atom is -0.493 e. The number of nitrogens with one attached hydrogen (secondary N) is 1. The Bertz CT molecular complexity index is 741. The monoisotopic (exact) mass is 328 g/mol. The van der Waals surface area contributed by atoms with E-state index in [-0.39, 0.29) is 12.2 Å². The van der Waals surface area contributed by atoms with Gasteiger partial charge in [0.1, 0.15) is 0 Å². The highest BCUT2D eigenvalue weighted by atomic mass is 16.5. The summed E-state index contributed by atoms with van der Waals surface area (Å²) in [7, 11) is 1.52. The number of methoxy groups -OCH3 is 1. The number of carboxylic acid groups (broad SMARTS) is 1. The Hall–Kier alpha value is -3.35. The van der Waals surface area contributed by atoms with Crippen LogP contribution in [-0.2, 0) is 4.79 Å². The van der Waals surface area contributed by atoms with Gasteiger partial charge in [0.25, 0.3) is 5.91 Å². The Kier molecular flexibility index (Phi) is 5.90. The summed E-state index contributed by atoms with van der Waals surface area (Å²) in [5.41, 5.74) is 3.16. The van der Waals surface area contributed by atoms with Crippen molar-refractivity contribution in [1.29, 1.82) is 0 Å². The Morgan fingerprint density at radius 3 is 2.42 bits per heavy atom. The molecule has 2 rings (SSSR count). The van der Waals surface area contributed by atoms with Crippen LogP contribution in [0.5, 0.6) is 11.5 Å². The molecule has 2 aromatic rings. The van der Waals surface area contributed by atoms with Crippen molar-refractivity contribution in [1.82, 2.24) is 5.43 Å². The molecule has 0 radical (unpaired) electrons. The second-order valence-corrected chi connectivity index (χ2v) is 4.66. The molecular weight excluding hydrogens is 312 g/mol. The molecule has 0 saturated carbocycles. The Balaban J connectivity index is 1.83. The van der Waals surface area contributed by atoms with Gasteiger partial charge in [0.05, 0.1) is 18.9 Å². The normalized spacial score (nSPS) is 10.4. The summed E-state index contributed by atoms with van der Waals surface area (Å²) in [6, 6.07) is 13.1. The molecule has 7 nitrogen and oxygen atoms in total. The van der Waals surface area contributed by atoms with Gasteiger partial charge in [0.2, 0.25) is 0 Å². The minimum absolute atomic E-state index is 0.182. The number of rotatable bonds is 7. The van der Waals surface area contributed by atoms with Gasteiger partial charge in [-0.3, -0.25) is 4.79 Å². The van der Waals surface area contributed by atoms with Gasteiger partial charge >= 0.3 is 5.97 Å². The minimum atomic E-state index is -1.000. The topological polar surface area (TPSA) is 97.2 Å². The number of aromatic carboxylic acids is 1. The zero-order valence-electron chi connectivity index (χ0n) is 12.9. The molecule has 7 heteroatoms. The maximum atomic E-state index is 11.7. The van der Waals surface area contributed by atoms with Crippen LogP contribution in [0.4, 0.5) is 0 Å². The van der Waals surface area contributed by atoms with E-state index >= 15 is 0 Å². The van der Waals surface area contributed by atoms with Crippen LogP contribution >= 0.6 is 0 Å². The molecule has 0 unspecified atom stereocenters. The first-order chi connectivity index (χ1) is 11.6. The number of amides is 1. The van der Waals surface area contributed by atoms with Crippen molar-refractivity contribution >= 4 is 18.1 Å². The molecule has 0 aliphatic heterocycles. The number of hydrogen-bond acceptors (Lipinski definition) is 5. The van der Waals surface area contributed by atoms with Gasteiger partial charge in [0, 0.05) is 0 Å². The fraction of sp³-hybridized carbons (Fsp3) is 0.118. The lowest BCUT2D eigenvalue weighted by Gasteiger charge is -2.09. The number of carbonyl (C=O) groups excluding carboxylic acids is 1.